The summed E-state index contributed by atoms with van der Waals surface area (Å²) in [6.45, 7) is 1.47. The summed E-state index contributed by atoms with van der Waals surface area (Å²) in [5, 5.41) is 21.4. The highest BCUT2D eigenvalue weighted by molar-refractivity contribution is 5.81. The smallest absolute Gasteiger partial charge is 0.341 e. The van der Waals surface area contributed by atoms with E-state index in [0.29, 0.717) is 0 Å². The Bertz CT molecular complexity index is 1140. The van der Waals surface area contributed by atoms with Crippen LogP contribution in [0, 0.1) is 0 Å². The van der Waals surface area contributed by atoms with Crippen molar-refractivity contribution < 1.29 is 38.7 Å². The maximum Gasteiger partial charge on any atom is 0.341 e. The molecule has 0 saturated carbocycles. The Labute approximate surface area is 229 Å². The molecule has 0 bridgehead atoms. The van der Waals surface area contributed by atoms with E-state index in [-0.39, 0.29) is 33.0 Å². The van der Waals surface area contributed by atoms with Gasteiger partial charge in [0.05, 0.1) is 39.6 Å². The van der Waals surface area contributed by atoms with Gasteiger partial charge in [-0.25, -0.2) is 4.79 Å². The molecule has 4 atom stereocenters. The lowest BCUT2D eigenvalue weighted by Crippen LogP contribution is -2.69. The Balaban J connectivity index is 1.67. The fourth-order valence-electron chi connectivity index (χ4n) is 4.70. The van der Waals surface area contributed by atoms with Crippen molar-refractivity contribution >= 4 is 5.97 Å². The van der Waals surface area contributed by atoms with Crippen molar-refractivity contribution in [2.24, 2.45) is 0 Å². The third-order valence-electron chi connectivity index (χ3n) is 6.58. The maximum absolute atomic E-state index is 13.7. The summed E-state index contributed by atoms with van der Waals surface area (Å²) in [6, 6.07) is 28.5. The summed E-state index contributed by atoms with van der Waals surface area (Å²) in [5.41, 5.74) is 0.852. The molecule has 1 aliphatic heterocycles. The molecule has 8 heteroatoms. The van der Waals surface area contributed by atoms with Crippen LogP contribution in [-0.4, -0.2) is 59.6 Å². The first-order valence-corrected chi connectivity index (χ1v) is 13.1. The van der Waals surface area contributed by atoms with Crippen LogP contribution in [0.5, 0.6) is 0 Å². The summed E-state index contributed by atoms with van der Waals surface area (Å²) in [4.78, 5) is 13.7. The quantitative estimate of drug-likeness (QED) is 0.318. The van der Waals surface area contributed by atoms with E-state index in [2.05, 4.69) is 0 Å². The lowest BCUT2D eigenvalue weighted by molar-refractivity contribution is -0.350. The molecule has 4 rings (SSSR count). The van der Waals surface area contributed by atoms with E-state index in [9.17, 15) is 15.0 Å². The van der Waals surface area contributed by atoms with Crippen LogP contribution in [0.15, 0.2) is 91.0 Å². The minimum absolute atomic E-state index is 0.0352. The first-order valence-electron chi connectivity index (χ1n) is 13.1. The summed E-state index contributed by atoms with van der Waals surface area (Å²) in [7, 11) is 0. The molecule has 1 saturated heterocycles. The summed E-state index contributed by atoms with van der Waals surface area (Å²) >= 11 is 0. The van der Waals surface area contributed by atoms with Gasteiger partial charge >= 0.3 is 5.97 Å². The van der Waals surface area contributed by atoms with Crippen molar-refractivity contribution in [2.75, 3.05) is 19.8 Å². The molecule has 0 spiro atoms. The lowest BCUT2D eigenvalue weighted by Gasteiger charge is -2.50. The Morgan fingerprint density at radius 1 is 0.872 bits per heavy atom. The van der Waals surface area contributed by atoms with Gasteiger partial charge < -0.3 is 33.9 Å². The summed E-state index contributed by atoms with van der Waals surface area (Å²) < 4.78 is 30.1. The maximum atomic E-state index is 13.7. The molecule has 1 fully saturated rings. The third kappa shape index (κ3) is 7.51. The van der Waals surface area contributed by atoms with Crippen molar-refractivity contribution in [3.8, 4) is 0 Å². The number of esters is 1. The lowest BCUT2D eigenvalue weighted by atomic mass is 9.82. The molecule has 0 aliphatic carbocycles. The van der Waals surface area contributed by atoms with Crippen LogP contribution in [0.25, 0.3) is 0 Å². The van der Waals surface area contributed by atoms with Crippen LogP contribution >= 0.6 is 0 Å². The molecule has 0 amide bonds. The highest BCUT2D eigenvalue weighted by Gasteiger charge is 2.62. The topological polar surface area (TPSA) is 104 Å². The van der Waals surface area contributed by atoms with E-state index in [1.165, 1.54) is 0 Å². The zero-order valence-electron chi connectivity index (χ0n) is 22.1. The number of carbonyl (C=O) groups excluding carboxylic acids is 1. The molecule has 0 unspecified atom stereocenters. The van der Waals surface area contributed by atoms with Gasteiger partial charge in [0.25, 0.3) is 0 Å². The standard InChI is InChI=1S/C31H36O8/c1-2-36-29(33)31(38-20-26-16-10-5-11-17-26)22-30(34,23-32)39-27(21-35-18-24-12-6-3-7-13-24)28(31)37-19-25-14-8-4-9-15-25/h3-17,27-28,32,34H,2,18-23H2,1H3/t27-,28-,30-,31-/m1/s1. The van der Waals surface area contributed by atoms with E-state index in [1.807, 2.05) is 91.0 Å². The van der Waals surface area contributed by atoms with Crippen LogP contribution in [0.3, 0.4) is 0 Å². The number of rotatable bonds is 13. The summed E-state index contributed by atoms with van der Waals surface area (Å²) in [6.07, 6.45) is -2.39. The highest BCUT2D eigenvalue weighted by atomic mass is 16.7. The zero-order chi connectivity index (χ0) is 27.6. The molecule has 3 aromatic carbocycles. The normalized spacial score (nSPS) is 24.8. The minimum Gasteiger partial charge on any atom is -0.464 e. The van der Waals surface area contributed by atoms with E-state index in [0.717, 1.165) is 16.7 Å². The van der Waals surface area contributed by atoms with Gasteiger partial charge in [-0.2, -0.15) is 0 Å². The monoisotopic (exact) mass is 536 g/mol. The van der Waals surface area contributed by atoms with Crippen LogP contribution in [0.1, 0.15) is 30.0 Å². The predicted octanol–water partition coefficient (Wildman–Crippen LogP) is 3.78. The van der Waals surface area contributed by atoms with Crippen LogP contribution < -0.4 is 0 Å². The highest BCUT2D eigenvalue weighted by Crippen LogP contribution is 2.41. The molecule has 8 nitrogen and oxygen atoms in total. The molecule has 0 radical (unpaired) electrons. The SMILES string of the molecule is CCOC(=O)[C@@]1(OCc2ccccc2)C[C@](O)(CO)O[C@H](COCc2ccccc2)[C@H]1OCc1ccccc1. The molecule has 1 heterocycles. The van der Waals surface area contributed by atoms with Crippen molar-refractivity contribution in [1.82, 2.24) is 0 Å². The molecule has 2 N–H and O–H groups in total. The number of hydrogen-bond acceptors (Lipinski definition) is 8. The number of aliphatic hydroxyl groups is 2. The molecule has 208 valence electrons. The molecule has 39 heavy (non-hydrogen) atoms. The van der Waals surface area contributed by atoms with Crippen LogP contribution in [-0.2, 0) is 48.3 Å². The fourth-order valence-corrected chi connectivity index (χ4v) is 4.70. The van der Waals surface area contributed by atoms with Gasteiger partial charge in [-0.3, -0.25) is 0 Å². The average Bonchev–Trinajstić information content (AvgIpc) is 2.97. The molecule has 0 aromatic heterocycles. The fraction of sp³-hybridized carbons (Fsp3) is 0.387. The predicted molar refractivity (Wildman–Crippen MR) is 143 cm³/mol. The first kappa shape index (κ1) is 28.9. The number of aliphatic hydroxyl groups excluding tert-OH is 1. The van der Waals surface area contributed by atoms with E-state index in [1.54, 1.807) is 6.92 Å². The van der Waals surface area contributed by atoms with Gasteiger partial charge in [-0.05, 0) is 23.6 Å². The molecular weight excluding hydrogens is 500 g/mol. The van der Waals surface area contributed by atoms with E-state index >= 15 is 0 Å². The number of hydrogen-bond donors (Lipinski definition) is 2. The molecule has 3 aromatic rings. The first-order chi connectivity index (χ1) is 19.0. The number of carbonyl (C=O) groups is 1. The van der Waals surface area contributed by atoms with Gasteiger partial charge in [0.15, 0.2) is 11.4 Å². The second-order valence-corrected chi connectivity index (χ2v) is 9.54. The van der Waals surface area contributed by atoms with E-state index in [4.69, 9.17) is 23.7 Å². The van der Waals surface area contributed by atoms with Crippen molar-refractivity contribution in [3.63, 3.8) is 0 Å². The Morgan fingerprint density at radius 2 is 1.41 bits per heavy atom. The summed E-state index contributed by atoms with van der Waals surface area (Å²) in [5.74, 6) is -2.79. The number of ether oxygens (including phenoxy) is 5. The van der Waals surface area contributed by atoms with Gasteiger partial charge in [0.1, 0.15) is 12.2 Å². The second kappa shape index (κ2) is 13.8. The largest absolute Gasteiger partial charge is 0.464 e. The van der Waals surface area contributed by atoms with Crippen LogP contribution in [0.2, 0.25) is 0 Å². The minimum atomic E-state index is -2.09. The second-order valence-electron chi connectivity index (χ2n) is 9.54. The van der Waals surface area contributed by atoms with Gasteiger partial charge in [-0.15, -0.1) is 0 Å². The van der Waals surface area contributed by atoms with Crippen molar-refractivity contribution in [1.29, 1.82) is 0 Å². The Hall–Kier alpha value is -3.11. The van der Waals surface area contributed by atoms with Crippen molar-refractivity contribution in [3.05, 3.63) is 108 Å². The molecule has 1 aliphatic rings. The zero-order valence-corrected chi connectivity index (χ0v) is 22.1. The van der Waals surface area contributed by atoms with Gasteiger partial charge in [0.2, 0.25) is 0 Å². The average molecular weight is 537 g/mol. The van der Waals surface area contributed by atoms with E-state index < -0.39 is 42.6 Å². The Kier molecular flexibility index (Phi) is 10.2. The number of benzene rings is 3. The van der Waals surface area contributed by atoms with Crippen LogP contribution in [0.4, 0.5) is 0 Å². The van der Waals surface area contributed by atoms with Gasteiger partial charge in [-0.1, -0.05) is 91.0 Å². The third-order valence-corrected chi connectivity index (χ3v) is 6.58. The van der Waals surface area contributed by atoms with Crippen molar-refractivity contribution in [2.45, 2.75) is 56.8 Å². The Morgan fingerprint density at radius 3 is 1.95 bits per heavy atom. The molecular formula is C31H36O8. The van der Waals surface area contributed by atoms with Gasteiger partial charge in [0, 0.05) is 6.42 Å².